The molecule has 0 bridgehead atoms. The van der Waals surface area contributed by atoms with Crippen molar-refractivity contribution in [2.45, 2.75) is 25.9 Å². The molecule has 0 aromatic heterocycles. The molecular formula is C9H18O2. The smallest absolute Gasteiger partial charge is 0.0804 e. The number of aliphatic hydroxyl groups is 1. The van der Waals surface area contributed by atoms with Crippen molar-refractivity contribution >= 4 is 0 Å². The van der Waals surface area contributed by atoms with Gasteiger partial charge in [-0.15, -0.1) is 6.58 Å². The van der Waals surface area contributed by atoms with E-state index in [-0.39, 0.29) is 6.10 Å². The number of aliphatic hydroxyl groups excluding tert-OH is 1. The molecule has 0 radical (unpaired) electrons. The largest absolute Gasteiger partial charge is 0.390 e. The van der Waals surface area contributed by atoms with Crippen LogP contribution in [0.25, 0.3) is 0 Å². The summed E-state index contributed by atoms with van der Waals surface area (Å²) in [5, 5.41) is 9.47. The van der Waals surface area contributed by atoms with Gasteiger partial charge in [-0.05, 0) is 12.3 Å². The normalized spacial score (nSPS) is 15.9. The summed E-state index contributed by atoms with van der Waals surface area (Å²) in [6.07, 6.45) is 3.33. The molecule has 0 unspecified atom stereocenters. The molecule has 0 rings (SSSR count). The molecule has 2 atom stereocenters. The molecule has 0 aliphatic heterocycles. The van der Waals surface area contributed by atoms with Crippen molar-refractivity contribution in [1.29, 1.82) is 0 Å². The van der Waals surface area contributed by atoms with Crippen LogP contribution in [0.3, 0.4) is 0 Å². The minimum absolute atomic E-state index is 0.299. The van der Waals surface area contributed by atoms with Gasteiger partial charge in [0.15, 0.2) is 0 Å². The van der Waals surface area contributed by atoms with Crippen LogP contribution in [-0.2, 0) is 4.74 Å². The summed E-state index contributed by atoms with van der Waals surface area (Å²) in [6, 6.07) is 0. The highest BCUT2D eigenvalue weighted by Crippen LogP contribution is 2.13. The van der Waals surface area contributed by atoms with Crippen molar-refractivity contribution in [1.82, 2.24) is 0 Å². The molecule has 11 heavy (non-hydrogen) atoms. The van der Waals surface area contributed by atoms with Crippen molar-refractivity contribution < 1.29 is 9.84 Å². The molecule has 0 saturated carbocycles. The van der Waals surface area contributed by atoms with Crippen molar-refractivity contribution in [3.05, 3.63) is 12.7 Å². The number of methoxy groups -OCH3 is 1. The Hall–Kier alpha value is -0.340. The second-order valence-corrected chi connectivity index (χ2v) is 2.72. The quantitative estimate of drug-likeness (QED) is 0.595. The summed E-state index contributed by atoms with van der Waals surface area (Å²) in [5.74, 6) is 0.299. The van der Waals surface area contributed by atoms with Crippen LogP contribution in [0, 0.1) is 5.92 Å². The SMILES string of the molecule is C=CC[C@H](CC)[C@@H](O)COC. The summed E-state index contributed by atoms with van der Waals surface area (Å²) in [7, 11) is 1.60. The van der Waals surface area contributed by atoms with Crippen LogP contribution in [0.2, 0.25) is 0 Å². The van der Waals surface area contributed by atoms with E-state index in [9.17, 15) is 5.11 Å². The van der Waals surface area contributed by atoms with Crippen LogP contribution in [0.5, 0.6) is 0 Å². The topological polar surface area (TPSA) is 29.5 Å². The molecular weight excluding hydrogens is 140 g/mol. The number of ether oxygens (including phenoxy) is 1. The maximum atomic E-state index is 9.47. The Morgan fingerprint density at radius 1 is 1.64 bits per heavy atom. The van der Waals surface area contributed by atoms with Gasteiger partial charge in [0.1, 0.15) is 0 Å². The predicted molar refractivity (Wildman–Crippen MR) is 46.5 cm³/mol. The summed E-state index contributed by atoms with van der Waals surface area (Å²) in [6.45, 7) is 6.12. The number of allylic oxidation sites excluding steroid dienone is 1. The fraction of sp³-hybridized carbons (Fsp3) is 0.778. The van der Waals surface area contributed by atoms with Crippen LogP contribution < -0.4 is 0 Å². The van der Waals surface area contributed by atoms with Gasteiger partial charge < -0.3 is 9.84 Å². The second kappa shape index (κ2) is 6.38. The Kier molecular flexibility index (Phi) is 6.18. The lowest BCUT2D eigenvalue weighted by atomic mass is 9.96. The van der Waals surface area contributed by atoms with Gasteiger partial charge in [0.05, 0.1) is 12.7 Å². The summed E-state index contributed by atoms with van der Waals surface area (Å²) < 4.78 is 4.85. The van der Waals surface area contributed by atoms with E-state index in [2.05, 4.69) is 13.5 Å². The first-order valence-electron chi connectivity index (χ1n) is 4.04. The molecule has 0 heterocycles. The molecule has 0 aromatic carbocycles. The first-order valence-corrected chi connectivity index (χ1v) is 4.04. The molecule has 0 spiro atoms. The average molecular weight is 158 g/mol. The third-order valence-electron chi connectivity index (χ3n) is 1.88. The van der Waals surface area contributed by atoms with E-state index in [1.165, 1.54) is 0 Å². The zero-order valence-corrected chi connectivity index (χ0v) is 7.42. The first kappa shape index (κ1) is 10.7. The van der Waals surface area contributed by atoms with Gasteiger partial charge >= 0.3 is 0 Å². The molecule has 0 aromatic rings. The predicted octanol–water partition coefficient (Wildman–Crippen LogP) is 1.60. The van der Waals surface area contributed by atoms with E-state index in [4.69, 9.17) is 4.74 Å². The van der Waals surface area contributed by atoms with Crippen molar-refractivity contribution in [3.8, 4) is 0 Å². The van der Waals surface area contributed by atoms with Gasteiger partial charge in [0.25, 0.3) is 0 Å². The van der Waals surface area contributed by atoms with Gasteiger partial charge in [0, 0.05) is 7.11 Å². The minimum Gasteiger partial charge on any atom is -0.390 e. The molecule has 66 valence electrons. The Balaban J connectivity index is 3.70. The minimum atomic E-state index is -0.344. The number of hydrogen-bond donors (Lipinski definition) is 1. The summed E-state index contributed by atoms with van der Waals surface area (Å²) >= 11 is 0. The monoisotopic (exact) mass is 158 g/mol. The van der Waals surface area contributed by atoms with Gasteiger partial charge in [-0.2, -0.15) is 0 Å². The lowest BCUT2D eigenvalue weighted by Crippen LogP contribution is -2.24. The highest BCUT2D eigenvalue weighted by molar-refractivity contribution is 4.76. The van der Waals surface area contributed by atoms with Crippen LogP contribution in [0.15, 0.2) is 12.7 Å². The molecule has 0 amide bonds. The molecule has 1 N–H and O–H groups in total. The van der Waals surface area contributed by atoms with E-state index in [0.29, 0.717) is 12.5 Å². The highest BCUT2D eigenvalue weighted by Gasteiger charge is 2.14. The van der Waals surface area contributed by atoms with Crippen LogP contribution in [0.1, 0.15) is 19.8 Å². The fourth-order valence-corrected chi connectivity index (χ4v) is 1.12. The zero-order valence-electron chi connectivity index (χ0n) is 7.42. The maximum absolute atomic E-state index is 9.47. The van der Waals surface area contributed by atoms with Gasteiger partial charge in [0.2, 0.25) is 0 Å². The lowest BCUT2D eigenvalue weighted by Gasteiger charge is -2.18. The molecule has 0 aliphatic rings. The van der Waals surface area contributed by atoms with Crippen molar-refractivity contribution in [2.24, 2.45) is 5.92 Å². The van der Waals surface area contributed by atoms with E-state index < -0.39 is 0 Å². The van der Waals surface area contributed by atoms with Gasteiger partial charge in [-0.25, -0.2) is 0 Å². The molecule has 2 nitrogen and oxygen atoms in total. The standard InChI is InChI=1S/C9H18O2/c1-4-6-8(5-2)9(10)7-11-3/h4,8-10H,1,5-7H2,2-3H3/t8-,9-/m0/s1. The zero-order chi connectivity index (χ0) is 8.69. The molecule has 0 aliphatic carbocycles. The Labute approximate surface area is 68.9 Å². The molecule has 0 saturated heterocycles. The Morgan fingerprint density at radius 3 is 2.64 bits per heavy atom. The number of rotatable bonds is 6. The third-order valence-corrected chi connectivity index (χ3v) is 1.88. The van der Waals surface area contributed by atoms with E-state index >= 15 is 0 Å². The number of hydrogen-bond acceptors (Lipinski definition) is 2. The Bertz CT molecular complexity index is 102. The molecule has 0 fully saturated rings. The lowest BCUT2D eigenvalue weighted by molar-refractivity contribution is 0.0248. The second-order valence-electron chi connectivity index (χ2n) is 2.72. The van der Waals surface area contributed by atoms with E-state index in [0.717, 1.165) is 12.8 Å². The van der Waals surface area contributed by atoms with E-state index in [1.54, 1.807) is 7.11 Å². The average Bonchev–Trinajstić information content (AvgIpc) is 2.00. The first-order chi connectivity index (χ1) is 5.26. The van der Waals surface area contributed by atoms with Crippen LogP contribution >= 0.6 is 0 Å². The maximum Gasteiger partial charge on any atom is 0.0804 e. The third kappa shape index (κ3) is 4.17. The summed E-state index contributed by atoms with van der Waals surface area (Å²) in [4.78, 5) is 0. The van der Waals surface area contributed by atoms with Crippen molar-refractivity contribution in [3.63, 3.8) is 0 Å². The highest BCUT2D eigenvalue weighted by atomic mass is 16.5. The molecule has 2 heteroatoms. The van der Waals surface area contributed by atoms with Crippen molar-refractivity contribution in [2.75, 3.05) is 13.7 Å². The summed E-state index contributed by atoms with van der Waals surface area (Å²) in [5.41, 5.74) is 0. The van der Waals surface area contributed by atoms with Gasteiger partial charge in [-0.3, -0.25) is 0 Å². The van der Waals surface area contributed by atoms with E-state index in [1.807, 2.05) is 6.08 Å². The van der Waals surface area contributed by atoms with Gasteiger partial charge in [-0.1, -0.05) is 19.4 Å². The fourth-order valence-electron chi connectivity index (χ4n) is 1.12. The Morgan fingerprint density at radius 2 is 2.27 bits per heavy atom. The van der Waals surface area contributed by atoms with Crippen LogP contribution in [0.4, 0.5) is 0 Å². The van der Waals surface area contributed by atoms with Crippen LogP contribution in [-0.4, -0.2) is 24.9 Å².